The summed E-state index contributed by atoms with van der Waals surface area (Å²) in [5.74, 6) is -0.450. The molecule has 0 atom stereocenters. The zero-order chi connectivity index (χ0) is 18.0. The standard InChI is InChI=1S/C15H13F4N5S/c16-9-1-2-12(10(20)7-9)25-13-8-11(21-4-3-15(17,18)19)14-22-5-6-24(14)23-13/h1-2,5-8,21H,3-4,20H2. The number of imidazole rings is 1. The Morgan fingerprint density at radius 2 is 2.04 bits per heavy atom. The summed E-state index contributed by atoms with van der Waals surface area (Å²) in [4.78, 5) is 4.68. The van der Waals surface area contributed by atoms with Gasteiger partial charge in [0.1, 0.15) is 10.8 Å². The van der Waals surface area contributed by atoms with Crippen LogP contribution in [0.4, 0.5) is 28.9 Å². The molecule has 25 heavy (non-hydrogen) atoms. The van der Waals surface area contributed by atoms with Crippen LogP contribution in [0, 0.1) is 5.82 Å². The van der Waals surface area contributed by atoms with Gasteiger partial charge in [0.25, 0.3) is 0 Å². The van der Waals surface area contributed by atoms with Crippen molar-refractivity contribution in [1.82, 2.24) is 14.6 Å². The minimum atomic E-state index is -4.24. The van der Waals surface area contributed by atoms with Crippen molar-refractivity contribution in [1.29, 1.82) is 0 Å². The molecule has 3 N–H and O–H groups in total. The Hall–Kier alpha value is -2.49. The third kappa shape index (κ3) is 4.32. The van der Waals surface area contributed by atoms with Gasteiger partial charge in [-0.05, 0) is 24.3 Å². The minimum Gasteiger partial charge on any atom is -0.398 e. The number of fused-ring (bicyclic) bond motifs is 1. The number of rotatable bonds is 5. The summed E-state index contributed by atoms with van der Waals surface area (Å²) < 4.78 is 51.6. The molecule has 132 valence electrons. The fourth-order valence-electron chi connectivity index (χ4n) is 2.14. The maximum atomic E-state index is 13.1. The van der Waals surface area contributed by atoms with E-state index in [2.05, 4.69) is 15.4 Å². The molecule has 0 fully saturated rings. The summed E-state index contributed by atoms with van der Waals surface area (Å²) >= 11 is 1.18. The highest BCUT2D eigenvalue weighted by molar-refractivity contribution is 7.99. The lowest BCUT2D eigenvalue weighted by Gasteiger charge is -2.11. The maximum Gasteiger partial charge on any atom is 0.390 e. The Morgan fingerprint density at radius 3 is 2.76 bits per heavy atom. The molecule has 0 amide bonds. The molecule has 0 aliphatic rings. The second-order valence-corrected chi connectivity index (χ2v) is 6.23. The molecule has 3 aromatic rings. The Morgan fingerprint density at radius 1 is 1.24 bits per heavy atom. The van der Waals surface area contributed by atoms with Crippen LogP contribution >= 0.6 is 11.8 Å². The van der Waals surface area contributed by atoms with E-state index in [0.717, 1.165) is 0 Å². The number of anilines is 2. The fourth-order valence-corrected chi connectivity index (χ4v) is 2.98. The van der Waals surface area contributed by atoms with E-state index in [1.807, 2.05) is 0 Å². The lowest BCUT2D eigenvalue weighted by molar-refractivity contribution is -0.131. The number of hydrogen-bond acceptors (Lipinski definition) is 5. The Balaban J connectivity index is 1.86. The van der Waals surface area contributed by atoms with Crippen LogP contribution in [0.2, 0.25) is 0 Å². The van der Waals surface area contributed by atoms with Crippen LogP contribution in [0.15, 0.2) is 46.6 Å². The first kappa shape index (κ1) is 17.3. The first-order chi connectivity index (χ1) is 11.8. The van der Waals surface area contributed by atoms with E-state index in [4.69, 9.17) is 5.73 Å². The number of benzene rings is 1. The molecule has 0 unspecified atom stereocenters. The largest absolute Gasteiger partial charge is 0.398 e. The van der Waals surface area contributed by atoms with Gasteiger partial charge in [0.05, 0.1) is 12.1 Å². The van der Waals surface area contributed by atoms with Crippen LogP contribution in [0.25, 0.3) is 5.65 Å². The number of nitrogens with two attached hydrogens (primary N) is 1. The van der Waals surface area contributed by atoms with Gasteiger partial charge in [-0.3, -0.25) is 0 Å². The van der Waals surface area contributed by atoms with Crippen molar-refractivity contribution in [2.24, 2.45) is 0 Å². The van der Waals surface area contributed by atoms with Crippen LogP contribution in [0.5, 0.6) is 0 Å². The van der Waals surface area contributed by atoms with Gasteiger partial charge in [0.15, 0.2) is 5.65 Å². The van der Waals surface area contributed by atoms with E-state index >= 15 is 0 Å². The molecule has 0 aliphatic heterocycles. The number of alkyl halides is 3. The maximum absolute atomic E-state index is 13.1. The fraction of sp³-hybridized carbons (Fsp3) is 0.200. The first-order valence-electron chi connectivity index (χ1n) is 7.20. The normalized spacial score (nSPS) is 11.8. The molecular weight excluding hydrogens is 358 g/mol. The molecule has 0 aliphatic carbocycles. The smallest absolute Gasteiger partial charge is 0.390 e. The van der Waals surface area contributed by atoms with E-state index in [1.54, 1.807) is 12.3 Å². The first-order valence-corrected chi connectivity index (χ1v) is 8.01. The molecule has 0 radical (unpaired) electrons. The van der Waals surface area contributed by atoms with Crippen molar-refractivity contribution in [2.75, 3.05) is 17.6 Å². The van der Waals surface area contributed by atoms with Crippen LogP contribution < -0.4 is 11.1 Å². The summed E-state index contributed by atoms with van der Waals surface area (Å²) in [7, 11) is 0. The summed E-state index contributed by atoms with van der Waals surface area (Å²) in [6.45, 7) is -0.279. The van der Waals surface area contributed by atoms with Crippen molar-refractivity contribution in [3.05, 3.63) is 42.5 Å². The molecule has 0 spiro atoms. The van der Waals surface area contributed by atoms with Gasteiger partial charge in [-0.15, -0.1) is 0 Å². The highest BCUT2D eigenvalue weighted by atomic mass is 32.2. The van der Waals surface area contributed by atoms with E-state index in [9.17, 15) is 17.6 Å². The summed E-state index contributed by atoms with van der Waals surface area (Å²) in [5, 5.41) is 7.53. The molecule has 1 aromatic carbocycles. The van der Waals surface area contributed by atoms with Gasteiger partial charge in [-0.25, -0.2) is 13.9 Å². The van der Waals surface area contributed by atoms with Crippen molar-refractivity contribution in [2.45, 2.75) is 22.5 Å². The van der Waals surface area contributed by atoms with Crippen molar-refractivity contribution < 1.29 is 17.6 Å². The number of nitrogens with one attached hydrogen (secondary N) is 1. The zero-order valence-electron chi connectivity index (χ0n) is 12.7. The Labute approximate surface area is 144 Å². The molecule has 0 saturated heterocycles. The average Bonchev–Trinajstić information content (AvgIpc) is 2.97. The second-order valence-electron chi connectivity index (χ2n) is 5.17. The van der Waals surface area contributed by atoms with Gasteiger partial charge in [-0.2, -0.15) is 18.3 Å². The van der Waals surface area contributed by atoms with Crippen molar-refractivity contribution in [3.63, 3.8) is 0 Å². The highest BCUT2D eigenvalue weighted by Gasteiger charge is 2.26. The van der Waals surface area contributed by atoms with E-state index in [1.165, 1.54) is 40.7 Å². The predicted octanol–water partition coefficient (Wildman–Crippen LogP) is 3.97. The van der Waals surface area contributed by atoms with Crippen LogP contribution in [-0.4, -0.2) is 27.3 Å². The molecule has 3 rings (SSSR count). The SMILES string of the molecule is Nc1cc(F)ccc1Sc1cc(NCCC(F)(F)F)c2nccn2n1. The number of hydrogen-bond donors (Lipinski definition) is 2. The van der Waals surface area contributed by atoms with Crippen LogP contribution in [0.3, 0.4) is 0 Å². The monoisotopic (exact) mass is 371 g/mol. The van der Waals surface area contributed by atoms with Gasteiger partial charge in [-0.1, -0.05) is 11.8 Å². The molecule has 5 nitrogen and oxygen atoms in total. The summed E-state index contributed by atoms with van der Waals surface area (Å²) in [6.07, 6.45) is -2.12. The zero-order valence-corrected chi connectivity index (χ0v) is 13.5. The minimum absolute atomic E-state index is 0.254. The van der Waals surface area contributed by atoms with Gasteiger partial charge in [0.2, 0.25) is 0 Å². The predicted molar refractivity (Wildman–Crippen MR) is 87.1 cm³/mol. The Kier molecular flexibility index (Phi) is 4.71. The van der Waals surface area contributed by atoms with Crippen molar-refractivity contribution >= 4 is 28.8 Å². The molecule has 0 saturated carbocycles. The Bertz CT molecular complexity index is 893. The third-order valence-corrected chi connectivity index (χ3v) is 4.25. The highest BCUT2D eigenvalue weighted by Crippen LogP contribution is 2.33. The lowest BCUT2D eigenvalue weighted by atomic mass is 10.3. The van der Waals surface area contributed by atoms with E-state index < -0.39 is 18.4 Å². The third-order valence-electron chi connectivity index (χ3n) is 3.25. The number of aromatic nitrogens is 3. The van der Waals surface area contributed by atoms with Crippen LogP contribution in [0.1, 0.15) is 6.42 Å². The quantitative estimate of drug-likeness (QED) is 0.525. The topological polar surface area (TPSA) is 68.2 Å². The molecular formula is C15H13F4N5S. The van der Waals surface area contributed by atoms with Crippen LogP contribution in [-0.2, 0) is 0 Å². The van der Waals surface area contributed by atoms with E-state index in [0.29, 0.717) is 21.3 Å². The van der Waals surface area contributed by atoms with Crippen molar-refractivity contribution in [3.8, 4) is 0 Å². The van der Waals surface area contributed by atoms with Gasteiger partial charge < -0.3 is 11.1 Å². The summed E-state index contributed by atoms with van der Waals surface area (Å²) in [6, 6.07) is 5.58. The number of halogens is 4. The lowest BCUT2D eigenvalue weighted by Crippen LogP contribution is -2.15. The van der Waals surface area contributed by atoms with E-state index in [-0.39, 0.29) is 12.2 Å². The second kappa shape index (κ2) is 6.79. The average molecular weight is 371 g/mol. The molecule has 2 heterocycles. The molecule has 2 aromatic heterocycles. The van der Waals surface area contributed by atoms with Gasteiger partial charge >= 0.3 is 6.18 Å². The summed E-state index contributed by atoms with van der Waals surface area (Å²) in [5.41, 5.74) is 6.87. The molecule has 0 bridgehead atoms. The molecule has 10 heteroatoms. The van der Waals surface area contributed by atoms with Gasteiger partial charge in [0, 0.05) is 29.5 Å². The number of nitrogen functional groups attached to an aromatic ring is 1. The number of nitrogens with zero attached hydrogens (tertiary/aromatic N) is 3.